The van der Waals surface area contributed by atoms with Crippen molar-refractivity contribution in [3.63, 3.8) is 0 Å². The van der Waals surface area contributed by atoms with E-state index >= 15 is 0 Å². The summed E-state index contributed by atoms with van der Waals surface area (Å²) in [5, 5.41) is 2.94. The number of hydrogen-bond donors (Lipinski definition) is 1. The molecule has 0 heterocycles. The van der Waals surface area contributed by atoms with E-state index in [9.17, 15) is 4.79 Å². The third kappa shape index (κ3) is 5.57. The second-order valence-corrected chi connectivity index (χ2v) is 4.45. The normalized spacial score (nSPS) is 16.3. The minimum absolute atomic E-state index is 0.122. The van der Waals surface area contributed by atoms with Crippen molar-refractivity contribution in [2.45, 2.75) is 32.1 Å². The number of nitrogens with one attached hydrogen (secondary N) is 1. The summed E-state index contributed by atoms with van der Waals surface area (Å²) < 4.78 is 0. The fourth-order valence-electron chi connectivity index (χ4n) is 1.84. The summed E-state index contributed by atoms with van der Waals surface area (Å²) in [6.07, 6.45) is 8.46. The Morgan fingerprint density at radius 1 is 1.47 bits per heavy atom. The molecule has 0 unspecified atom stereocenters. The van der Waals surface area contributed by atoms with Crippen LogP contribution >= 0.6 is 0 Å². The molecule has 0 aliphatic heterocycles. The van der Waals surface area contributed by atoms with Gasteiger partial charge in [-0.2, -0.15) is 0 Å². The van der Waals surface area contributed by atoms with Crippen molar-refractivity contribution >= 4 is 5.91 Å². The van der Waals surface area contributed by atoms with Gasteiger partial charge >= 0.3 is 0 Å². The van der Waals surface area contributed by atoms with Crippen LogP contribution < -0.4 is 5.32 Å². The van der Waals surface area contributed by atoms with Gasteiger partial charge in [-0.3, -0.25) is 4.79 Å². The Balaban J connectivity index is 2.10. The molecule has 3 heteroatoms. The molecule has 0 radical (unpaired) electrons. The maximum atomic E-state index is 11.3. The van der Waals surface area contributed by atoms with Crippen LogP contribution in [-0.4, -0.2) is 38.0 Å². The number of rotatable bonds is 5. The van der Waals surface area contributed by atoms with E-state index in [0.717, 1.165) is 13.0 Å². The Morgan fingerprint density at radius 2 is 2.27 bits per heavy atom. The first-order valence-electron chi connectivity index (χ1n) is 5.78. The largest absolute Gasteiger partial charge is 0.355 e. The number of carbonyl (C=O) groups is 1. The zero-order valence-electron chi connectivity index (χ0n) is 9.88. The Bertz CT molecular complexity index is 234. The van der Waals surface area contributed by atoms with Gasteiger partial charge in [0.2, 0.25) is 5.91 Å². The second-order valence-electron chi connectivity index (χ2n) is 4.45. The van der Waals surface area contributed by atoms with Gasteiger partial charge in [0.15, 0.2) is 0 Å². The monoisotopic (exact) mass is 210 g/mol. The Morgan fingerprint density at radius 3 is 2.87 bits per heavy atom. The van der Waals surface area contributed by atoms with Crippen LogP contribution in [0.1, 0.15) is 32.1 Å². The van der Waals surface area contributed by atoms with Crippen LogP contribution in [0.3, 0.4) is 0 Å². The van der Waals surface area contributed by atoms with Gasteiger partial charge in [-0.1, -0.05) is 11.6 Å². The zero-order valence-corrected chi connectivity index (χ0v) is 9.88. The summed E-state index contributed by atoms with van der Waals surface area (Å²) in [5.74, 6) is 0.122. The summed E-state index contributed by atoms with van der Waals surface area (Å²) in [6.45, 7) is 1.28. The highest BCUT2D eigenvalue weighted by atomic mass is 16.1. The average molecular weight is 210 g/mol. The van der Waals surface area contributed by atoms with Crippen molar-refractivity contribution in [3.05, 3.63) is 11.6 Å². The smallest absolute Gasteiger partial charge is 0.234 e. The van der Waals surface area contributed by atoms with E-state index in [0.29, 0.717) is 6.54 Å². The van der Waals surface area contributed by atoms with Gasteiger partial charge < -0.3 is 10.2 Å². The Labute approximate surface area is 92.5 Å². The number of likely N-dealkylation sites (N-methyl/N-ethyl adjacent to an activating group) is 1. The van der Waals surface area contributed by atoms with Gasteiger partial charge in [0, 0.05) is 6.54 Å². The fraction of sp³-hybridized carbons (Fsp3) is 0.750. The van der Waals surface area contributed by atoms with Gasteiger partial charge in [-0.25, -0.2) is 0 Å². The molecule has 3 nitrogen and oxygen atoms in total. The van der Waals surface area contributed by atoms with Crippen LogP contribution in [0.2, 0.25) is 0 Å². The third-order valence-corrected chi connectivity index (χ3v) is 2.61. The molecule has 0 atom stereocenters. The van der Waals surface area contributed by atoms with Crippen LogP contribution in [0.25, 0.3) is 0 Å². The molecule has 0 fully saturated rings. The van der Waals surface area contributed by atoms with E-state index in [-0.39, 0.29) is 5.91 Å². The molecule has 86 valence electrons. The highest BCUT2D eigenvalue weighted by molar-refractivity contribution is 5.77. The van der Waals surface area contributed by atoms with Crippen molar-refractivity contribution in [3.8, 4) is 0 Å². The lowest BCUT2D eigenvalue weighted by Crippen LogP contribution is -2.33. The van der Waals surface area contributed by atoms with Gasteiger partial charge in [0.1, 0.15) is 0 Å². The predicted octanol–water partition coefficient (Wildman–Crippen LogP) is 1.55. The molecule has 0 spiro atoms. The minimum Gasteiger partial charge on any atom is -0.355 e. The first-order valence-corrected chi connectivity index (χ1v) is 5.78. The fourth-order valence-corrected chi connectivity index (χ4v) is 1.84. The topological polar surface area (TPSA) is 32.3 Å². The maximum absolute atomic E-state index is 11.3. The SMILES string of the molecule is CN(C)CC(=O)NCCC1=CCCCC1. The molecule has 15 heavy (non-hydrogen) atoms. The van der Waals surface area contributed by atoms with Gasteiger partial charge in [-0.05, 0) is 46.2 Å². The van der Waals surface area contributed by atoms with Crippen molar-refractivity contribution in [1.29, 1.82) is 0 Å². The number of amides is 1. The van der Waals surface area contributed by atoms with Crippen molar-refractivity contribution in [2.24, 2.45) is 0 Å². The summed E-state index contributed by atoms with van der Waals surface area (Å²) in [5.41, 5.74) is 1.52. The summed E-state index contributed by atoms with van der Waals surface area (Å²) in [4.78, 5) is 13.2. The van der Waals surface area contributed by atoms with Crippen molar-refractivity contribution in [2.75, 3.05) is 27.2 Å². The maximum Gasteiger partial charge on any atom is 0.234 e. The summed E-state index contributed by atoms with van der Waals surface area (Å²) in [7, 11) is 3.81. The first kappa shape index (κ1) is 12.2. The van der Waals surface area contributed by atoms with Crippen LogP contribution in [0.15, 0.2) is 11.6 Å². The first-order chi connectivity index (χ1) is 7.18. The molecule has 0 aromatic rings. The minimum atomic E-state index is 0.122. The Kier molecular flexibility index (Phi) is 5.40. The van der Waals surface area contributed by atoms with E-state index in [1.54, 1.807) is 0 Å². The lowest BCUT2D eigenvalue weighted by atomic mass is 9.97. The quantitative estimate of drug-likeness (QED) is 0.698. The number of nitrogens with zero attached hydrogens (tertiary/aromatic N) is 1. The zero-order chi connectivity index (χ0) is 11.1. The van der Waals surface area contributed by atoms with Crippen molar-refractivity contribution in [1.82, 2.24) is 10.2 Å². The second kappa shape index (κ2) is 6.62. The molecule has 1 aliphatic rings. The standard InChI is InChI=1S/C12H22N2O/c1-14(2)10-12(15)13-9-8-11-6-4-3-5-7-11/h6H,3-5,7-10H2,1-2H3,(H,13,15). The molecule has 1 N–H and O–H groups in total. The number of carbonyl (C=O) groups excluding carboxylic acids is 1. The molecule has 0 saturated carbocycles. The summed E-state index contributed by atoms with van der Waals surface area (Å²) in [6, 6.07) is 0. The molecule has 0 aromatic heterocycles. The lowest BCUT2D eigenvalue weighted by molar-refractivity contribution is -0.121. The molecule has 0 saturated heterocycles. The van der Waals surface area contributed by atoms with E-state index in [1.165, 1.54) is 31.3 Å². The van der Waals surface area contributed by atoms with E-state index < -0.39 is 0 Å². The molecule has 0 bridgehead atoms. The van der Waals surface area contributed by atoms with E-state index in [2.05, 4.69) is 11.4 Å². The van der Waals surface area contributed by atoms with Crippen LogP contribution in [0.5, 0.6) is 0 Å². The molecule has 1 amide bonds. The summed E-state index contributed by atoms with van der Waals surface area (Å²) >= 11 is 0. The van der Waals surface area contributed by atoms with E-state index in [1.807, 2.05) is 19.0 Å². The molecule has 0 aromatic carbocycles. The van der Waals surface area contributed by atoms with Crippen LogP contribution in [0, 0.1) is 0 Å². The molecular formula is C12H22N2O. The number of hydrogen-bond acceptors (Lipinski definition) is 2. The molecular weight excluding hydrogens is 188 g/mol. The predicted molar refractivity (Wildman–Crippen MR) is 62.7 cm³/mol. The lowest BCUT2D eigenvalue weighted by Gasteiger charge is -2.14. The third-order valence-electron chi connectivity index (χ3n) is 2.61. The van der Waals surface area contributed by atoms with Gasteiger partial charge in [-0.15, -0.1) is 0 Å². The highest BCUT2D eigenvalue weighted by Crippen LogP contribution is 2.19. The highest BCUT2D eigenvalue weighted by Gasteiger charge is 2.05. The van der Waals surface area contributed by atoms with Gasteiger partial charge in [0.25, 0.3) is 0 Å². The molecule has 1 rings (SSSR count). The van der Waals surface area contributed by atoms with Crippen molar-refractivity contribution < 1.29 is 4.79 Å². The van der Waals surface area contributed by atoms with Gasteiger partial charge in [0.05, 0.1) is 6.54 Å². The molecule has 1 aliphatic carbocycles. The Hall–Kier alpha value is -0.830. The van der Waals surface area contributed by atoms with Crippen LogP contribution in [0.4, 0.5) is 0 Å². The average Bonchev–Trinajstić information content (AvgIpc) is 2.18. The van der Waals surface area contributed by atoms with Crippen LogP contribution in [-0.2, 0) is 4.79 Å². The van der Waals surface area contributed by atoms with E-state index in [4.69, 9.17) is 0 Å². The number of allylic oxidation sites excluding steroid dienone is 1.